The van der Waals surface area contributed by atoms with E-state index in [1.165, 1.54) is 0 Å². The minimum Gasteiger partial charge on any atom is -0.491 e. The van der Waals surface area contributed by atoms with Crippen molar-refractivity contribution in [1.82, 2.24) is 34.4 Å². The van der Waals surface area contributed by atoms with Crippen molar-refractivity contribution in [3.8, 4) is 22.9 Å². The van der Waals surface area contributed by atoms with E-state index >= 15 is 0 Å². The average Bonchev–Trinajstić information content (AvgIpc) is 3.47. The molecule has 0 aliphatic carbocycles. The van der Waals surface area contributed by atoms with E-state index in [2.05, 4.69) is 30.9 Å². The van der Waals surface area contributed by atoms with Gasteiger partial charge < -0.3 is 14.2 Å². The summed E-state index contributed by atoms with van der Waals surface area (Å²) in [5.74, 6) is 1.23. The smallest absolute Gasteiger partial charge is 0.254 e. The average molecular weight is 511 g/mol. The number of imidazole rings is 1. The van der Waals surface area contributed by atoms with Crippen molar-refractivity contribution in [3.63, 3.8) is 0 Å². The summed E-state index contributed by atoms with van der Waals surface area (Å²) in [6.45, 7) is 9.28. The third-order valence-electron chi connectivity index (χ3n) is 7.06. The molecule has 0 radical (unpaired) electrons. The van der Waals surface area contributed by atoms with E-state index in [4.69, 9.17) is 4.74 Å². The molecule has 10 heteroatoms. The van der Waals surface area contributed by atoms with E-state index in [1.807, 2.05) is 68.9 Å². The number of amides is 1. The van der Waals surface area contributed by atoms with Gasteiger partial charge in [0.15, 0.2) is 5.75 Å². The lowest BCUT2D eigenvalue weighted by molar-refractivity contribution is 0.0668. The van der Waals surface area contributed by atoms with E-state index in [-0.39, 0.29) is 17.6 Å². The molecule has 3 aromatic heterocycles. The molecule has 0 spiro atoms. The molecule has 5 rings (SSSR count). The first-order valence-corrected chi connectivity index (χ1v) is 12.7. The molecule has 38 heavy (non-hydrogen) atoms. The number of hydrogen-bond acceptors (Lipinski definition) is 7. The van der Waals surface area contributed by atoms with Crippen LogP contribution < -0.4 is 4.74 Å². The molecular weight excluding hydrogens is 480 g/mol. The molecule has 0 unspecified atom stereocenters. The maximum Gasteiger partial charge on any atom is 0.254 e. The Labute approximate surface area is 221 Å². The molecule has 0 saturated carbocycles. The summed E-state index contributed by atoms with van der Waals surface area (Å²) in [5, 5.41) is 22.2. The number of aromatic nitrogens is 6. The normalized spacial score (nSPS) is 13.8. The highest BCUT2D eigenvalue weighted by Crippen LogP contribution is 2.36. The van der Waals surface area contributed by atoms with Gasteiger partial charge in [0.05, 0.1) is 24.0 Å². The van der Waals surface area contributed by atoms with Crippen molar-refractivity contribution in [2.45, 2.75) is 46.7 Å². The van der Waals surface area contributed by atoms with Gasteiger partial charge >= 0.3 is 0 Å². The van der Waals surface area contributed by atoms with Crippen molar-refractivity contribution in [2.24, 2.45) is 7.05 Å². The Hall–Kier alpha value is -4.52. The van der Waals surface area contributed by atoms with Gasteiger partial charge in [-0.15, -0.1) is 5.10 Å². The van der Waals surface area contributed by atoms with E-state index in [9.17, 15) is 10.1 Å². The third kappa shape index (κ3) is 4.52. The van der Waals surface area contributed by atoms with Crippen molar-refractivity contribution in [2.75, 3.05) is 13.2 Å². The lowest BCUT2D eigenvalue weighted by Crippen LogP contribution is -2.40. The Bertz CT molecular complexity index is 1560. The highest BCUT2D eigenvalue weighted by atomic mass is 16.5. The lowest BCUT2D eigenvalue weighted by Gasteiger charge is -2.34. The summed E-state index contributed by atoms with van der Waals surface area (Å²) >= 11 is 0. The molecule has 1 aliphatic heterocycles. The number of aryl methyl sites for hydroxylation is 3. The van der Waals surface area contributed by atoms with Gasteiger partial charge in [-0.25, -0.2) is 4.98 Å². The van der Waals surface area contributed by atoms with Crippen LogP contribution in [0.5, 0.6) is 5.75 Å². The molecule has 4 heterocycles. The number of nitriles is 1. The van der Waals surface area contributed by atoms with E-state index in [1.54, 1.807) is 12.3 Å². The predicted molar refractivity (Wildman–Crippen MR) is 141 cm³/mol. The number of benzene rings is 1. The molecular formula is C28H30N8O2. The standard InChI is InChI=1S/C28H30N8O2/c1-6-38-27-13-25(31-32-26(27)14-29)18(3)36-9-7-21-22(24-16-34(5)33-17(24)2)11-20(12-23(21)28(36)37)15-35-10-8-30-19(35)4/h8,10-13,16,18H,6-7,9,15H2,1-5H3/t18-/m0/s1. The molecule has 0 N–H and O–H groups in total. The Morgan fingerprint density at radius 2 is 1.95 bits per heavy atom. The number of nitrogens with zero attached hydrogens (tertiary/aromatic N) is 8. The quantitative estimate of drug-likeness (QED) is 0.372. The zero-order chi connectivity index (χ0) is 27.0. The fraction of sp³-hybridized carbons (Fsp3) is 0.357. The molecule has 1 atom stereocenters. The van der Waals surface area contributed by atoms with Gasteiger partial charge in [0.25, 0.3) is 5.91 Å². The maximum atomic E-state index is 14.0. The first kappa shape index (κ1) is 25.1. The summed E-state index contributed by atoms with van der Waals surface area (Å²) < 4.78 is 9.47. The van der Waals surface area contributed by atoms with Crippen LogP contribution in [0, 0.1) is 25.2 Å². The molecule has 194 valence electrons. The number of ether oxygens (including phenoxy) is 1. The number of fused-ring (bicyclic) bond motifs is 1. The van der Waals surface area contributed by atoms with Gasteiger partial charge in [-0.3, -0.25) is 9.48 Å². The molecule has 1 aliphatic rings. The van der Waals surface area contributed by atoms with Crippen LogP contribution in [0.1, 0.15) is 64.3 Å². The monoisotopic (exact) mass is 510 g/mol. The minimum atomic E-state index is -0.349. The van der Waals surface area contributed by atoms with E-state index < -0.39 is 0 Å². The highest BCUT2D eigenvalue weighted by Gasteiger charge is 2.32. The number of hydrogen-bond donors (Lipinski definition) is 0. The van der Waals surface area contributed by atoms with Gasteiger partial charge in [-0.05, 0) is 62.9 Å². The summed E-state index contributed by atoms with van der Waals surface area (Å²) in [7, 11) is 1.91. The lowest BCUT2D eigenvalue weighted by atomic mass is 9.87. The second-order valence-electron chi connectivity index (χ2n) is 9.53. The van der Waals surface area contributed by atoms with Crippen molar-refractivity contribution in [3.05, 3.63) is 76.4 Å². The second kappa shape index (κ2) is 10.1. The fourth-order valence-corrected chi connectivity index (χ4v) is 5.11. The Morgan fingerprint density at radius 3 is 2.61 bits per heavy atom. The Balaban J connectivity index is 1.56. The molecule has 4 aromatic rings. The molecule has 0 fully saturated rings. The van der Waals surface area contributed by atoms with Gasteiger partial charge in [-0.1, -0.05) is 0 Å². The number of rotatable bonds is 7. The van der Waals surface area contributed by atoms with Crippen molar-refractivity contribution in [1.29, 1.82) is 5.26 Å². The SMILES string of the molecule is CCOc1cc([C@H](C)N2CCc3c(cc(Cn4ccnc4C)cc3-c3cn(C)nc3C)C2=O)nnc1C#N. The molecule has 0 bridgehead atoms. The minimum absolute atomic E-state index is 0.0603. The van der Waals surface area contributed by atoms with Crippen LogP contribution in [-0.4, -0.2) is 53.5 Å². The number of carbonyl (C=O) groups excluding carboxylic acids is 1. The largest absolute Gasteiger partial charge is 0.491 e. The second-order valence-corrected chi connectivity index (χ2v) is 9.53. The Kier molecular flexibility index (Phi) is 6.68. The van der Waals surface area contributed by atoms with Gasteiger partial charge in [-0.2, -0.15) is 15.5 Å². The Morgan fingerprint density at radius 1 is 1.16 bits per heavy atom. The first-order valence-electron chi connectivity index (χ1n) is 12.7. The molecule has 1 aromatic carbocycles. The van der Waals surface area contributed by atoms with Crippen LogP contribution >= 0.6 is 0 Å². The van der Waals surface area contributed by atoms with Crippen LogP contribution in [0.3, 0.4) is 0 Å². The summed E-state index contributed by atoms with van der Waals surface area (Å²) in [5.41, 5.74) is 6.43. The van der Waals surface area contributed by atoms with Gasteiger partial charge in [0.1, 0.15) is 11.9 Å². The number of carbonyl (C=O) groups is 1. The maximum absolute atomic E-state index is 14.0. The molecule has 1 amide bonds. The molecule has 10 nitrogen and oxygen atoms in total. The fourth-order valence-electron chi connectivity index (χ4n) is 5.11. The summed E-state index contributed by atoms with van der Waals surface area (Å²) in [4.78, 5) is 20.2. The van der Waals surface area contributed by atoms with Crippen LogP contribution in [0.15, 0.2) is 36.8 Å². The van der Waals surface area contributed by atoms with Crippen LogP contribution in [0.2, 0.25) is 0 Å². The van der Waals surface area contributed by atoms with Gasteiger partial charge in [0.2, 0.25) is 5.69 Å². The van der Waals surface area contributed by atoms with Crippen LogP contribution in [0.4, 0.5) is 0 Å². The molecule has 0 saturated heterocycles. The first-order chi connectivity index (χ1) is 18.3. The summed E-state index contributed by atoms with van der Waals surface area (Å²) in [6, 6.07) is 7.55. The zero-order valence-corrected chi connectivity index (χ0v) is 22.3. The highest BCUT2D eigenvalue weighted by molar-refractivity contribution is 5.99. The van der Waals surface area contributed by atoms with E-state index in [0.717, 1.165) is 33.8 Å². The van der Waals surface area contributed by atoms with Crippen molar-refractivity contribution < 1.29 is 9.53 Å². The van der Waals surface area contributed by atoms with Crippen LogP contribution in [-0.2, 0) is 20.0 Å². The zero-order valence-electron chi connectivity index (χ0n) is 22.3. The predicted octanol–water partition coefficient (Wildman–Crippen LogP) is 3.77. The topological polar surface area (TPSA) is 115 Å². The summed E-state index contributed by atoms with van der Waals surface area (Å²) in [6.07, 6.45) is 6.43. The van der Waals surface area contributed by atoms with E-state index in [0.29, 0.717) is 43.1 Å². The van der Waals surface area contributed by atoms with Crippen molar-refractivity contribution >= 4 is 5.91 Å². The third-order valence-corrected chi connectivity index (χ3v) is 7.06. The van der Waals surface area contributed by atoms with Gasteiger partial charge in [0, 0.05) is 55.9 Å². The van der Waals surface area contributed by atoms with Crippen LogP contribution in [0.25, 0.3) is 11.1 Å².